The van der Waals surface area contributed by atoms with Crippen LogP contribution in [0.25, 0.3) is 0 Å². The van der Waals surface area contributed by atoms with Crippen molar-refractivity contribution < 1.29 is 19.4 Å². The molecule has 7 heteroatoms. The van der Waals surface area contributed by atoms with Crippen LogP contribution in [-0.4, -0.2) is 54.6 Å². The Morgan fingerprint density at radius 1 is 1.67 bits per heavy atom. The van der Waals surface area contributed by atoms with Crippen molar-refractivity contribution in [2.75, 3.05) is 37.4 Å². The Bertz CT molecular complexity index is 533. The minimum atomic E-state index is -0.498. The molecule has 1 aliphatic heterocycles. The van der Waals surface area contributed by atoms with Gasteiger partial charge in [0.05, 0.1) is 36.7 Å². The van der Waals surface area contributed by atoms with Crippen LogP contribution in [0.5, 0.6) is 0 Å². The number of carbonyl (C=O) groups excluding carboxylic acids is 1. The number of hydrogen-bond acceptors (Lipinski definition) is 7. The first-order valence-electron chi connectivity index (χ1n) is 6.74. The molecule has 0 radical (unpaired) electrons. The molecule has 1 fully saturated rings. The number of aromatic nitrogens is 1. The lowest BCUT2D eigenvalue weighted by atomic mass is 10.0. The van der Waals surface area contributed by atoms with Crippen LogP contribution in [0.2, 0.25) is 0 Å². The summed E-state index contributed by atoms with van der Waals surface area (Å²) in [6, 6.07) is 1.53. The third-order valence-electron chi connectivity index (χ3n) is 3.36. The number of hydrogen-bond donors (Lipinski definition) is 2. The maximum absolute atomic E-state index is 11.7. The van der Waals surface area contributed by atoms with Gasteiger partial charge in [0, 0.05) is 19.3 Å². The summed E-state index contributed by atoms with van der Waals surface area (Å²) in [6.45, 7) is 4.80. The maximum Gasteiger partial charge on any atom is 0.340 e. The molecule has 2 rings (SSSR count). The van der Waals surface area contributed by atoms with Crippen molar-refractivity contribution in [2.45, 2.75) is 25.6 Å². The van der Waals surface area contributed by atoms with Gasteiger partial charge < -0.3 is 25.2 Å². The molecule has 7 nitrogen and oxygen atoms in total. The number of morpholine rings is 1. The molecule has 1 aromatic heterocycles. The van der Waals surface area contributed by atoms with Crippen LogP contribution in [0.15, 0.2) is 12.3 Å². The number of pyridine rings is 1. The molecular formula is C14H21N3O4. The minimum Gasteiger partial charge on any atom is -0.465 e. The van der Waals surface area contributed by atoms with E-state index in [1.165, 1.54) is 19.4 Å². The number of nitrogen functional groups attached to an aromatic ring is 1. The monoisotopic (exact) mass is 295 g/mol. The summed E-state index contributed by atoms with van der Waals surface area (Å²) in [5.41, 5.74) is 6.18. The summed E-state index contributed by atoms with van der Waals surface area (Å²) in [6.07, 6.45) is 1.20. The van der Waals surface area contributed by atoms with Crippen molar-refractivity contribution in [3.05, 3.63) is 17.8 Å². The molecule has 1 unspecified atom stereocenters. The van der Waals surface area contributed by atoms with Gasteiger partial charge in [0.15, 0.2) is 5.82 Å². The van der Waals surface area contributed by atoms with E-state index in [2.05, 4.69) is 4.98 Å². The van der Waals surface area contributed by atoms with Crippen LogP contribution < -0.4 is 10.6 Å². The molecule has 0 amide bonds. The lowest BCUT2D eigenvalue weighted by Gasteiger charge is -2.43. The highest BCUT2D eigenvalue weighted by molar-refractivity contribution is 5.97. The highest BCUT2D eigenvalue weighted by Gasteiger charge is 2.34. The van der Waals surface area contributed by atoms with Gasteiger partial charge in [-0.25, -0.2) is 9.78 Å². The molecule has 1 atom stereocenters. The molecule has 21 heavy (non-hydrogen) atoms. The van der Waals surface area contributed by atoms with Crippen LogP contribution in [0.3, 0.4) is 0 Å². The molecule has 0 aliphatic carbocycles. The fourth-order valence-corrected chi connectivity index (χ4v) is 2.55. The Morgan fingerprint density at radius 2 is 2.38 bits per heavy atom. The second-order valence-electron chi connectivity index (χ2n) is 5.65. The van der Waals surface area contributed by atoms with Gasteiger partial charge in [-0.2, -0.15) is 0 Å². The van der Waals surface area contributed by atoms with Crippen molar-refractivity contribution in [2.24, 2.45) is 0 Å². The molecule has 0 aromatic carbocycles. The summed E-state index contributed by atoms with van der Waals surface area (Å²) < 4.78 is 10.5. The summed E-state index contributed by atoms with van der Waals surface area (Å²) in [4.78, 5) is 17.9. The Morgan fingerprint density at radius 3 is 3.00 bits per heavy atom. The Hall–Kier alpha value is -1.86. The molecule has 0 saturated carbocycles. The first kappa shape index (κ1) is 15.5. The van der Waals surface area contributed by atoms with Crippen LogP contribution in [-0.2, 0) is 9.47 Å². The van der Waals surface area contributed by atoms with E-state index in [1.54, 1.807) is 0 Å². The number of methoxy groups -OCH3 is 1. The van der Waals surface area contributed by atoms with E-state index < -0.39 is 11.6 Å². The van der Waals surface area contributed by atoms with Gasteiger partial charge in [-0.05, 0) is 19.9 Å². The van der Waals surface area contributed by atoms with Crippen molar-refractivity contribution in [3.63, 3.8) is 0 Å². The Balaban J connectivity index is 2.35. The third kappa shape index (κ3) is 3.25. The number of nitrogens with two attached hydrogens (primary N) is 1. The molecule has 2 heterocycles. The van der Waals surface area contributed by atoms with Crippen molar-refractivity contribution in [3.8, 4) is 0 Å². The van der Waals surface area contributed by atoms with E-state index in [-0.39, 0.29) is 24.0 Å². The molecular weight excluding hydrogens is 274 g/mol. The topological polar surface area (TPSA) is 97.9 Å². The molecule has 3 N–H and O–H groups in total. The van der Waals surface area contributed by atoms with E-state index in [0.29, 0.717) is 18.9 Å². The summed E-state index contributed by atoms with van der Waals surface area (Å²) >= 11 is 0. The Labute approximate surface area is 123 Å². The number of nitrogens with zero attached hydrogens (tertiary/aromatic N) is 2. The fraction of sp³-hybridized carbons (Fsp3) is 0.571. The minimum absolute atomic E-state index is 0.0868. The van der Waals surface area contributed by atoms with Crippen molar-refractivity contribution in [1.29, 1.82) is 0 Å². The highest BCUT2D eigenvalue weighted by Crippen LogP contribution is 2.30. The fourth-order valence-electron chi connectivity index (χ4n) is 2.55. The lowest BCUT2D eigenvalue weighted by Crippen LogP contribution is -2.54. The molecule has 116 valence electrons. The molecule has 1 aliphatic rings. The average molecular weight is 295 g/mol. The van der Waals surface area contributed by atoms with Gasteiger partial charge in [-0.15, -0.1) is 0 Å². The molecule has 1 aromatic rings. The van der Waals surface area contributed by atoms with E-state index in [0.717, 1.165) is 0 Å². The van der Waals surface area contributed by atoms with Crippen LogP contribution in [0, 0.1) is 0 Å². The molecule has 0 bridgehead atoms. The zero-order valence-corrected chi connectivity index (χ0v) is 12.5. The van der Waals surface area contributed by atoms with E-state index in [9.17, 15) is 9.90 Å². The van der Waals surface area contributed by atoms with Crippen LogP contribution in [0.4, 0.5) is 11.5 Å². The predicted octanol–water partition coefficient (Wildman–Crippen LogP) is 0.426. The zero-order chi connectivity index (χ0) is 15.6. The van der Waals surface area contributed by atoms with Gasteiger partial charge in [0.25, 0.3) is 0 Å². The standard InChI is InChI=1S/C14H21N3O4/c1-14(2)8-17(6-9(7-18)21-14)12-11(15)10(4-5-16-12)13(19)20-3/h4-5,9,18H,6-8,15H2,1-3H3. The normalized spacial score (nSPS) is 21.1. The number of aliphatic hydroxyl groups excluding tert-OH is 1. The maximum atomic E-state index is 11.7. The number of aliphatic hydroxyl groups is 1. The van der Waals surface area contributed by atoms with Gasteiger partial charge in [0.2, 0.25) is 0 Å². The zero-order valence-electron chi connectivity index (χ0n) is 12.5. The first-order chi connectivity index (χ1) is 9.88. The molecule has 1 saturated heterocycles. The molecule has 0 spiro atoms. The van der Waals surface area contributed by atoms with E-state index in [1.807, 2.05) is 18.7 Å². The van der Waals surface area contributed by atoms with Crippen molar-refractivity contribution in [1.82, 2.24) is 4.98 Å². The van der Waals surface area contributed by atoms with Gasteiger partial charge in [0.1, 0.15) is 0 Å². The van der Waals surface area contributed by atoms with Crippen molar-refractivity contribution >= 4 is 17.5 Å². The summed E-state index contributed by atoms with van der Waals surface area (Å²) in [5, 5.41) is 9.36. The second-order valence-corrected chi connectivity index (χ2v) is 5.65. The quantitative estimate of drug-likeness (QED) is 0.780. The summed E-state index contributed by atoms with van der Waals surface area (Å²) in [5.74, 6) is 0.00935. The number of ether oxygens (including phenoxy) is 2. The summed E-state index contributed by atoms with van der Waals surface area (Å²) in [7, 11) is 1.31. The number of esters is 1. The SMILES string of the molecule is COC(=O)c1ccnc(N2CC(CO)OC(C)(C)C2)c1N. The Kier molecular flexibility index (Phi) is 4.34. The first-order valence-corrected chi connectivity index (χ1v) is 6.74. The third-order valence-corrected chi connectivity index (χ3v) is 3.36. The largest absolute Gasteiger partial charge is 0.465 e. The number of carbonyl (C=O) groups is 1. The predicted molar refractivity (Wildman–Crippen MR) is 78.2 cm³/mol. The van der Waals surface area contributed by atoms with Crippen LogP contribution in [0.1, 0.15) is 24.2 Å². The average Bonchev–Trinajstić information content (AvgIpc) is 2.44. The number of rotatable bonds is 3. The van der Waals surface area contributed by atoms with E-state index in [4.69, 9.17) is 15.2 Å². The van der Waals surface area contributed by atoms with E-state index >= 15 is 0 Å². The van der Waals surface area contributed by atoms with Gasteiger partial charge >= 0.3 is 5.97 Å². The number of anilines is 2. The lowest BCUT2D eigenvalue weighted by molar-refractivity contribution is -0.101. The second kappa shape index (κ2) is 5.87. The smallest absolute Gasteiger partial charge is 0.340 e. The van der Waals surface area contributed by atoms with Crippen LogP contribution >= 0.6 is 0 Å². The van der Waals surface area contributed by atoms with Gasteiger partial charge in [-0.3, -0.25) is 0 Å². The highest BCUT2D eigenvalue weighted by atomic mass is 16.5. The van der Waals surface area contributed by atoms with Gasteiger partial charge in [-0.1, -0.05) is 0 Å².